The van der Waals surface area contributed by atoms with Gasteiger partial charge >= 0.3 is 0 Å². The summed E-state index contributed by atoms with van der Waals surface area (Å²) in [5.41, 5.74) is 2.71. The van der Waals surface area contributed by atoms with Gasteiger partial charge in [0.15, 0.2) is 0 Å². The minimum Gasteiger partial charge on any atom is -0.295 e. The molecule has 2 rings (SSSR count). The van der Waals surface area contributed by atoms with E-state index in [0.29, 0.717) is 6.04 Å². The molecule has 0 heterocycles. The van der Waals surface area contributed by atoms with Gasteiger partial charge in [-0.3, -0.25) is 4.90 Å². The molecule has 0 aliphatic heterocycles. The average molecular weight is 238 g/mol. The fourth-order valence-corrected chi connectivity index (χ4v) is 2.40. The van der Waals surface area contributed by atoms with Crippen LogP contribution in [0.4, 0.5) is 0 Å². The molecule has 0 aliphatic carbocycles. The van der Waals surface area contributed by atoms with Gasteiger partial charge in [0.05, 0.1) is 0 Å². The summed E-state index contributed by atoms with van der Waals surface area (Å²) in [6.07, 6.45) is 1.12. The van der Waals surface area contributed by atoms with Crippen LogP contribution in [-0.2, 0) is 6.54 Å². The van der Waals surface area contributed by atoms with Gasteiger partial charge in [0.25, 0.3) is 0 Å². The number of rotatable bonds is 5. The van der Waals surface area contributed by atoms with Crippen LogP contribution in [0.2, 0.25) is 0 Å². The smallest absolute Gasteiger partial charge is 0.0345 e. The van der Waals surface area contributed by atoms with Gasteiger partial charge in [0.1, 0.15) is 0 Å². The van der Waals surface area contributed by atoms with Crippen molar-refractivity contribution in [1.82, 2.24) is 4.90 Å². The standard InChI is InChI=1S/C17H20N/c1-3-17(16-12-8-5-9-13-16)18(2)14-15-10-6-4-7-11-15/h4-6,8-13,17H,3,14H2,1-2H3. The van der Waals surface area contributed by atoms with E-state index >= 15 is 0 Å². The molecule has 1 heteroatoms. The molecule has 93 valence electrons. The van der Waals surface area contributed by atoms with Gasteiger partial charge in [-0.1, -0.05) is 55.5 Å². The quantitative estimate of drug-likeness (QED) is 0.759. The van der Waals surface area contributed by atoms with Gasteiger partial charge in [0, 0.05) is 12.6 Å². The molecule has 2 aromatic rings. The second kappa shape index (κ2) is 6.36. The van der Waals surface area contributed by atoms with Gasteiger partial charge in [-0.25, -0.2) is 0 Å². The highest BCUT2D eigenvalue weighted by Crippen LogP contribution is 2.23. The summed E-state index contributed by atoms with van der Waals surface area (Å²) < 4.78 is 0. The van der Waals surface area contributed by atoms with Crippen molar-refractivity contribution < 1.29 is 0 Å². The van der Waals surface area contributed by atoms with Crippen LogP contribution in [0.1, 0.15) is 30.5 Å². The van der Waals surface area contributed by atoms with E-state index in [4.69, 9.17) is 0 Å². The SMILES string of the molecule is CCC(c1ccccc1)N(C)Cc1c[c]ccc1. The van der Waals surface area contributed by atoms with Gasteiger partial charge in [-0.2, -0.15) is 0 Å². The molecule has 2 aromatic carbocycles. The predicted octanol–water partition coefficient (Wildman–Crippen LogP) is 4.07. The first-order valence-corrected chi connectivity index (χ1v) is 6.51. The first-order chi connectivity index (χ1) is 8.81. The Hall–Kier alpha value is -1.60. The van der Waals surface area contributed by atoms with E-state index in [9.17, 15) is 0 Å². The maximum absolute atomic E-state index is 3.14. The highest BCUT2D eigenvalue weighted by Gasteiger charge is 2.14. The van der Waals surface area contributed by atoms with E-state index in [1.807, 2.05) is 12.1 Å². The molecule has 1 radical (unpaired) electrons. The second-order valence-corrected chi connectivity index (χ2v) is 4.66. The van der Waals surface area contributed by atoms with Crippen molar-refractivity contribution in [3.05, 3.63) is 71.8 Å². The minimum atomic E-state index is 0.478. The molecule has 0 saturated carbocycles. The molecule has 1 unspecified atom stereocenters. The van der Waals surface area contributed by atoms with Gasteiger partial charge in [-0.15, -0.1) is 0 Å². The average Bonchev–Trinajstić information content (AvgIpc) is 2.42. The summed E-state index contributed by atoms with van der Waals surface area (Å²) >= 11 is 0. The van der Waals surface area contributed by atoms with Crippen molar-refractivity contribution in [2.75, 3.05) is 7.05 Å². The fourth-order valence-electron chi connectivity index (χ4n) is 2.40. The molecule has 0 aromatic heterocycles. The summed E-state index contributed by atoms with van der Waals surface area (Å²) in [5.74, 6) is 0. The van der Waals surface area contributed by atoms with Crippen molar-refractivity contribution in [2.24, 2.45) is 0 Å². The zero-order valence-electron chi connectivity index (χ0n) is 11.1. The second-order valence-electron chi connectivity index (χ2n) is 4.66. The van der Waals surface area contributed by atoms with E-state index in [0.717, 1.165) is 13.0 Å². The molecule has 1 atom stereocenters. The van der Waals surface area contributed by atoms with Crippen molar-refractivity contribution in [3.8, 4) is 0 Å². The van der Waals surface area contributed by atoms with E-state index < -0.39 is 0 Å². The number of benzene rings is 2. The maximum Gasteiger partial charge on any atom is 0.0345 e. The highest BCUT2D eigenvalue weighted by atomic mass is 15.1. The Bertz CT molecular complexity index is 450. The Balaban J connectivity index is 2.09. The van der Waals surface area contributed by atoms with Crippen molar-refractivity contribution in [2.45, 2.75) is 25.9 Å². The molecule has 0 aliphatic rings. The fraction of sp³-hybridized carbons (Fsp3) is 0.294. The molecule has 0 saturated heterocycles. The highest BCUT2D eigenvalue weighted by molar-refractivity contribution is 5.20. The third kappa shape index (κ3) is 3.21. The maximum atomic E-state index is 3.14. The van der Waals surface area contributed by atoms with Crippen LogP contribution in [0.15, 0.2) is 54.6 Å². The van der Waals surface area contributed by atoms with Gasteiger partial charge in [-0.05, 0) is 36.7 Å². The van der Waals surface area contributed by atoms with Crippen LogP contribution in [0.25, 0.3) is 0 Å². The van der Waals surface area contributed by atoms with Crippen LogP contribution in [0.5, 0.6) is 0 Å². The molecule has 0 fully saturated rings. The molecule has 0 spiro atoms. The number of hydrogen-bond donors (Lipinski definition) is 0. The summed E-state index contributed by atoms with van der Waals surface area (Å²) in [6, 6.07) is 22.5. The molecule has 18 heavy (non-hydrogen) atoms. The van der Waals surface area contributed by atoms with Gasteiger partial charge in [0.2, 0.25) is 0 Å². The van der Waals surface area contributed by atoms with E-state index in [1.54, 1.807) is 0 Å². The minimum absolute atomic E-state index is 0.478. The van der Waals surface area contributed by atoms with Gasteiger partial charge < -0.3 is 0 Å². The Morgan fingerprint density at radius 2 is 1.89 bits per heavy atom. The molecular formula is C17H20N. The van der Waals surface area contributed by atoms with Crippen molar-refractivity contribution >= 4 is 0 Å². The summed E-state index contributed by atoms with van der Waals surface area (Å²) in [7, 11) is 2.19. The van der Waals surface area contributed by atoms with E-state index in [2.05, 4.69) is 67.4 Å². The van der Waals surface area contributed by atoms with Crippen molar-refractivity contribution in [3.63, 3.8) is 0 Å². The Morgan fingerprint density at radius 1 is 1.11 bits per heavy atom. The lowest BCUT2D eigenvalue weighted by atomic mass is 10.0. The zero-order chi connectivity index (χ0) is 12.8. The molecule has 0 N–H and O–H groups in total. The van der Waals surface area contributed by atoms with Crippen LogP contribution < -0.4 is 0 Å². The van der Waals surface area contributed by atoms with Crippen LogP contribution in [0, 0.1) is 6.07 Å². The number of hydrogen-bond acceptors (Lipinski definition) is 1. The van der Waals surface area contributed by atoms with E-state index in [1.165, 1.54) is 11.1 Å². The summed E-state index contributed by atoms with van der Waals surface area (Å²) in [6.45, 7) is 3.20. The normalized spacial score (nSPS) is 12.6. The lowest BCUT2D eigenvalue weighted by molar-refractivity contribution is 0.230. The molecule has 0 bridgehead atoms. The lowest BCUT2D eigenvalue weighted by Gasteiger charge is -2.27. The van der Waals surface area contributed by atoms with Crippen LogP contribution in [-0.4, -0.2) is 11.9 Å². The molecule has 1 nitrogen and oxygen atoms in total. The lowest BCUT2D eigenvalue weighted by Crippen LogP contribution is -2.23. The van der Waals surface area contributed by atoms with Crippen molar-refractivity contribution in [1.29, 1.82) is 0 Å². The van der Waals surface area contributed by atoms with E-state index in [-0.39, 0.29) is 0 Å². The Morgan fingerprint density at radius 3 is 2.50 bits per heavy atom. The molecule has 0 amide bonds. The first kappa shape index (κ1) is 12.8. The monoisotopic (exact) mass is 238 g/mol. The van der Waals surface area contributed by atoms with Crippen LogP contribution in [0.3, 0.4) is 0 Å². The predicted molar refractivity (Wildman–Crippen MR) is 76.2 cm³/mol. The molecular weight excluding hydrogens is 218 g/mol. The third-order valence-corrected chi connectivity index (χ3v) is 3.31. The Labute approximate surface area is 110 Å². The zero-order valence-corrected chi connectivity index (χ0v) is 11.1. The third-order valence-electron chi connectivity index (χ3n) is 3.31. The largest absolute Gasteiger partial charge is 0.295 e. The topological polar surface area (TPSA) is 3.24 Å². The first-order valence-electron chi connectivity index (χ1n) is 6.51. The van der Waals surface area contributed by atoms with Crippen LogP contribution >= 0.6 is 0 Å². The summed E-state index contributed by atoms with van der Waals surface area (Å²) in [5, 5.41) is 0. The Kier molecular flexibility index (Phi) is 4.54. The summed E-state index contributed by atoms with van der Waals surface area (Å²) in [4.78, 5) is 2.40. The number of nitrogens with zero attached hydrogens (tertiary/aromatic N) is 1.